The molecule has 0 aromatic carbocycles. The Kier molecular flexibility index (Phi) is 10.7. The van der Waals surface area contributed by atoms with Crippen molar-refractivity contribution in [2.45, 2.75) is 70.8 Å². The second kappa shape index (κ2) is 12.2. The number of nitrogens with one attached hydrogen (secondary N) is 1. The molecule has 1 amide bonds. The van der Waals surface area contributed by atoms with E-state index in [9.17, 15) is 19.2 Å². The molecule has 0 aromatic rings. The highest BCUT2D eigenvalue weighted by Gasteiger charge is 2.51. The third-order valence-corrected chi connectivity index (χ3v) is 6.28. The minimum Gasteiger partial charge on any atom is -0.463 e. The zero-order chi connectivity index (χ0) is 21.3. The lowest BCUT2D eigenvalue weighted by Gasteiger charge is -2.44. The van der Waals surface area contributed by atoms with Gasteiger partial charge in [0.25, 0.3) is 0 Å². The molecule has 28 heavy (non-hydrogen) atoms. The number of carbonyl (C=O) groups excluding carboxylic acids is 4. The Hall–Kier alpha value is -1.46. The summed E-state index contributed by atoms with van der Waals surface area (Å²) in [6.07, 6.45) is -2.69. The normalized spacial score (nSPS) is 26.8. The van der Waals surface area contributed by atoms with Crippen molar-refractivity contribution in [3.05, 3.63) is 0 Å². The van der Waals surface area contributed by atoms with Crippen molar-refractivity contribution in [3.63, 3.8) is 0 Å². The van der Waals surface area contributed by atoms with Crippen molar-refractivity contribution >= 4 is 45.4 Å². The van der Waals surface area contributed by atoms with E-state index in [0.717, 1.165) is 5.75 Å². The fourth-order valence-corrected chi connectivity index (χ4v) is 4.67. The minimum absolute atomic E-state index is 0.187. The molecule has 5 unspecified atom stereocenters. The number of rotatable bonds is 9. The van der Waals surface area contributed by atoms with Crippen molar-refractivity contribution in [1.29, 1.82) is 0 Å². The standard InChI is InChI=1S/C17H27NO8S2/c1-6-13(22)18-14-16(25-11(5)21)15(24-10(4)20)12(8-23-9(3)19)26-17(14)28-27-7-2/h12,14-17H,6-8H2,1-5H3,(H,18,22). The van der Waals surface area contributed by atoms with Gasteiger partial charge in [-0.25, -0.2) is 0 Å². The van der Waals surface area contributed by atoms with Crippen LogP contribution in [0.3, 0.4) is 0 Å². The maximum absolute atomic E-state index is 12.1. The molecule has 1 N–H and O–H groups in total. The van der Waals surface area contributed by atoms with Gasteiger partial charge in [0.15, 0.2) is 12.2 Å². The predicted octanol–water partition coefficient (Wildman–Crippen LogP) is 1.43. The molecule has 160 valence electrons. The summed E-state index contributed by atoms with van der Waals surface area (Å²) >= 11 is 0. The average Bonchev–Trinajstić information content (AvgIpc) is 2.61. The number of amides is 1. The quantitative estimate of drug-likeness (QED) is 0.322. The van der Waals surface area contributed by atoms with Gasteiger partial charge in [-0.15, -0.1) is 0 Å². The molecule has 11 heteroatoms. The van der Waals surface area contributed by atoms with Crippen LogP contribution in [0.15, 0.2) is 0 Å². The van der Waals surface area contributed by atoms with Crippen LogP contribution in [0.2, 0.25) is 0 Å². The van der Waals surface area contributed by atoms with Crippen LogP contribution in [0.25, 0.3) is 0 Å². The van der Waals surface area contributed by atoms with Crippen LogP contribution in [0.5, 0.6) is 0 Å². The van der Waals surface area contributed by atoms with E-state index < -0.39 is 47.7 Å². The number of hydrogen-bond acceptors (Lipinski definition) is 10. The van der Waals surface area contributed by atoms with E-state index in [1.54, 1.807) is 6.92 Å². The molecule has 1 heterocycles. The number of carbonyl (C=O) groups is 4. The highest BCUT2D eigenvalue weighted by atomic mass is 33.1. The van der Waals surface area contributed by atoms with E-state index >= 15 is 0 Å². The van der Waals surface area contributed by atoms with Crippen molar-refractivity contribution in [1.82, 2.24) is 5.32 Å². The van der Waals surface area contributed by atoms with Crippen LogP contribution >= 0.6 is 21.6 Å². The molecule has 1 saturated heterocycles. The van der Waals surface area contributed by atoms with Gasteiger partial charge in [-0.1, -0.05) is 35.4 Å². The highest BCUT2D eigenvalue weighted by Crippen LogP contribution is 2.37. The first-order chi connectivity index (χ1) is 13.2. The summed E-state index contributed by atoms with van der Waals surface area (Å²) in [6.45, 7) is 7.14. The summed E-state index contributed by atoms with van der Waals surface area (Å²) in [6, 6.07) is -0.752. The van der Waals surface area contributed by atoms with Gasteiger partial charge in [-0.2, -0.15) is 0 Å². The molecular weight excluding hydrogens is 410 g/mol. The number of esters is 3. The first-order valence-electron chi connectivity index (χ1n) is 8.90. The van der Waals surface area contributed by atoms with Crippen LogP contribution in [0.1, 0.15) is 41.0 Å². The second-order valence-electron chi connectivity index (χ2n) is 5.94. The second-order valence-corrected chi connectivity index (χ2v) is 8.70. The van der Waals surface area contributed by atoms with E-state index in [4.69, 9.17) is 18.9 Å². The van der Waals surface area contributed by atoms with Crippen LogP contribution < -0.4 is 5.32 Å². The Balaban J connectivity index is 3.25. The third-order valence-electron chi connectivity index (χ3n) is 3.63. The van der Waals surface area contributed by atoms with Gasteiger partial charge in [0, 0.05) is 32.9 Å². The summed E-state index contributed by atoms with van der Waals surface area (Å²) in [4.78, 5) is 46.7. The molecule has 0 saturated carbocycles. The number of hydrogen-bond donors (Lipinski definition) is 1. The monoisotopic (exact) mass is 437 g/mol. The first-order valence-corrected chi connectivity index (χ1v) is 11.3. The smallest absolute Gasteiger partial charge is 0.303 e. The van der Waals surface area contributed by atoms with Crippen molar-refractivity contribution in [2.75, 3.05) is 12.4 Å². The Morgan fingerprint density at radius 3 is 2.07 bits per heavy atom. The largest absolute Gasteiger partial charge is 0.463 e. The van der Waals surface area contributed by atoms with E-state index in [2.05, 4.69) is 5.32 Å². The van der Waals surface area contributed by atoms with Crippen LogP contribution in [0.4, 0.5) is 0 Å². The Morgan fingerprint density at radius 2 is 1.57 bits per heavy atom. The summed E-state index contributed by atoms with van der Waals surface area (Å²) < 4.78 is 21.8. The zero-order valence-electron chi connectivity index (χ0n) is 16.6. The van der Waals surface area contributed by atoms with E-state index in [-0.39, 0.29) is 18.9 Å². The van der Waals surface area contributed by atoms with Crippen molar-refractivity contribution in [2.24, 2.45) is 0 Å². The fraction of sp³-hybridized carbons (Fsp3) is 0.765. The van der Waals surface area contributed by atoms with Gasteiger partial charge >= 0.3 is 17.9 Å². The molecule has 1 aliphatic rings. The van der Waals surface area contributed by atoms with Crippen LogP contribution in [-0.4, -0.2) is 66.0 Å². The minimum atomic E-state index is -1.05. The van der Waals surface area contributed by atoms with E-state index in [1.807, 2.05) is 6.92 Å². The number of ether oxygens (including phenoxy) is 4. The third kappa shape index (κ3) is 7.88. The van der Waals surface area contributed by atoms with Gasteiger partial charge in [0.05, 0.1) is 0 Å². The van der Waals surface area contributed by atoms with Gasteiger partial charge in [-0.3, -0.25) is 19.2 Å². The zero-order valence-corrected chi connectivity index (χ0v) is 18.2. The van der Waals surface area contributed by atoms with Gasteiger partial charge < -0.3 is 24.3 Å². The van der Waals surface area contributed by atoms with E-state index in [0.29, 0.717) is 0 Å². The molecular formula is C17H27NO8S2. The molecule has 1 rings (SSSR count). The van der Waals surface area contributed by atoms with Crippen LogP contribution in [-0.2, 0) is 38.1 Å². The molecule has 1 fully saturated rings. The summed E-state index contributed by atoms with van der Waals surface area (Å²) in [5.41, 5.74) is -0.614. The lowest BCUT2D eigenvalue weighted by atomic mass is 9.97. The summed E-state index contributed by atoms with van der Waals surface area (Å²) in [5.74, 6) is -1.23. The molecule has 0 aliphatic carbocycles. The van der Waals surface area contributed by atoms with Crippen molar-refractivity contribution in [3.8, 4) is 0 Å². The maximum Gasteiger partial charge on any atom is 0.303 e. The van der Waals surface area contributed by atoms with Gasteiger partial charge in [-0.05, 0) is 0 Å². The van der Waals surface area contributed by atoms with Gasteiger partial charge in [0.1, 0.15) is 24.2 Å². The first kappa shape index (κ1) is 24.6. The average molecular weight is 438 g/mol. The molecule has 0 aromatic heterocycles. The fourth-order valence-electron chi connectivity index (χ4n) is 2.56. The summed E-state index contributed by atoms with van der Waals surface area (Å²) in [5, 5.41) is 2.80. The topological polar surface area (TPSA) is 117 Å². The molecule has 9 nitrogen and oxygen atoms in total. The molecule has 0 bridgehead atoms. The van der Waals surface area contributed by atoms with Crippen LogP contribution in [0, 0.1) is 0 Å². The molecule has 1 aliphatic heterocycles. The Labute approximate surface area is 172 Å². The Morgan fingerprint density at radius 1 is 0.964 bits per heavy atom. The lowest BCUT2D eigenvalue weighted by Crippen LogP contribution is -2.65. The van der Waals surface area contributed by atoms with Crippen molar-refractivity contribution < 1.29 is 38.1 Å². The van der Waals surface area contributed by atoms with E-state index in [1.165, 1.54) is 42.4 Å². The Bertz CT molecular complexity index is 573. The lowest BCUT2D eigenvalue weighted by molar-refractivity contribution is -0.211. The predicted molar refractivity (Wildman–Crippen MR) is 104 cm³/mol. The molecule has 0 radical (unpaired) electrons. The maximum atomic E-state index is 12.1. The molecule has 0 spiro atoms. The summed E-state index contributed by atoms with van der Waals surface area (Å²) in [7, 11) is 2.86. The molecule has 5 atom stereocenters. The SMILES string of the molecule is CCSSC1OC(COC(C)=O)C(OC(C)=O)C(OC(C)=O)C1NC(=O)CC. The van der Waals surface area contributed by atoms with Gasteiger partial charge in [0.2, 0.25) is 5.91 Å². The highest BCUT2D eigenvalue weighted by molar-refractivity contribution is 8.76.